The second kappa shape index (κ2) is 11.7. The van der Waals surface area contributed by atoms with Gasteiger partial charge in [-0.15, -0.1) is 0 Å². The number of carbonyl (C=O) groups excluding carboxylic acids is 3. The van der Waals surface area contributed by atoms with Gasteiger partial charge in [0.1, 0.15) is 0 Å². The number of anilines is 1. The summed E-state index contributed by atoms with van der Waals surface area (Å²) in [7, 11) is 1.38. The SMILES string of the molecule is COc1cc(/C(C)=N/NC(=O)C(=O)Nc2cccc(C(F)(F)F)c2)ccc1OC(=O)c1ccccc1Br. The number of hydrazone groups is 1. The Morgan fingerprint density at radius 1 is 0.919 bits per heavy atom. The number of hydrogen-bond acceptors (Lipinski definition) is 6. The van der Waals surface area contributed by atoms with Crippen LogP contribution in [0, 0.1) is 0 Å². The molecule has 37 heavy (non-hydrogen) atoms. The summed E-state index contributed by atoms with van der Waals surface area (Å²) in [5, 5.41) is 5.93. The number of carbonyl (C=O) groups is 3. The number of halogens is 4. The fourth-order valence-electron chi connectivity index (χ4n) is 2.97. The Balaban J connectivity index is 1.67. The highest BCUT2D eigenvalue weighted by Crippen LogP contribution is 2.31. The smallest absolute Gasteiger partial charge is 0.416 e. The molecular weight excluding hydrogens is 559 g/mol. The molecule has 3 aromatic rings. The molecule has 0 bridgehead atoms. The molecule has 2 N–H and O–H groups in total. The van der Waals surface area contributed by atoms with E-state index in [1.54, 1.807) is 30.3 Å². The largest absolute Gasteiger partial charge is 0.493 e. The number of nitrogens with zero attached hydrogens (tertiary/aromatic N) is 1. The third kappa shape index (κ3) is 7.17. The second-order valence-electron chi connectivity index (χ2n) is 7.41. The lowest BCUT2D eigenvalue weighted by atomic mass is 10.1. The Hall–Kier alpha value is -4.19. The highest BCUT2D eigenvalue weighted by molar-refractivity contribution is 9.10. The van der Waals surface area contributed by atoms with Crippen LogP contribution in [0.4, 0.5) is 18.9 Å². The first kappa shape index (κ1) is 27.4. The number of alkyl halides is 3. The zero-order chi connectivity index (χ0) is 27.2. The second-order valence-corrected chi connectivity index (χ2v) is 8.26. The summed E-state index contributed by atoms with van der Waals surface area (Å²) in [5.74, 6) is -2.65. The van der Waals surface area contributed by atoms with E-state index in [4.69, 9.17) is 9.47 Å². The lowest BCUT2D eigenvalue weighted by molar-refractivity contribution is -0.137. The summed E-state index contributed by atoms with van der Waals surface area (Å²) in [5.41, 5.74) is 1.92. The van der Waals surface area contributed by atoms with Crippen LogP contribution in [0.2, 0.25) is 0 Å². The summed E-state index contributed by atoms with van der Waals surface area (Å²) >= 11 is 3.29. The molecule has 0 aliphatic rings. The molecule has 0 heterocycles. The summed E-state index contributed by atoms with van der Waals surface area (Å²) < 4.78 is 49.8. The summed E-state index contributed by atoms with van der Waals surface area (Å²) in [6.45, 7) is 1.53. The number of methoxy groups -OCH3 is 1. The number of rotatable bonds is 6. The Morgan fingerprint density at radius 2 is 1.65 bits per heavy atom. The maximum atomic E-state index is 12.8. The van der Waals surface area contributed by atoms with Gasteiger partial charge in [-0.25, -0.2) is 10.2 Å². The molecule has 0 aromatic heterocycles. The lowest BCUT2D eigenvalue weighted by Crippen LogP contribution is -2.33. The molecule has 0 saturated heterocycles. The average molecular weight is 578 g/mol. The van der Waals surface area contributed by atoms with Crippen LogP contribution >= 0.6 is 15.9 Å². The summed E-state index contributed by atoms with van der Waals surface area (Å²) in [6, 6.07) is 15.1. The highest BCUT2D eigenvalue weighted by atomic mass is 79.9. The summed E-state index contributed by atoms with van der Waals surface area (Å²) in [4.78, 5) is 36.6. The molecular formula is C25H19BrF3N3O5. The van der Waals surface area contributed by atoms with Crippen LogP contribution in [0.1, 0.15) is 28.4 Å². The van der Waals surface area contributed by atoms with Crippen molar-refractivity contribution in [3.05, 3.63) is 87.9 Å². The van der Waals surface area contributed by atoms with E-state index in [2.05, 4.69) is 26.3 Å². The van der Waals surface area contributed by atoms with Crippen molar-refractivity contribution in [2.45, 2.75) is 13.1 Å². The van der Waals surface area contributed by atoms with Gasteiger partial charge >= 0.3 is 24.0 Å². The van der Waals surface area contributed by atoms with Gasteiger partial charge in [0.05, 0.1) is 23.9 Å². The van der Waals surface area contributed by atoms with Crippen molar-refractivity contribution in [1.82, 2.24) is 5.43 Å². The van der Waals surface area contributed by atoms with Crippen molar-refractivity contribution in [2.75, 3.05) is 12.4 Å². The Labute approximate surface area is 217 Å². The van der Waals surface area contributed by atoms with Crippen LogP contribution in [-0.4, -0.2) is 30.6 Å². The van der Waals surface area contributed by atoms with Gasteiger partial charge in [-0.2, -0.15) is 18.3 Å². The highest BCUT2D eigenvalue weighted by Gasteiger charge is 2.30. The molecule has 0 atom stereocenters. The molecule has 0 aliphatic heterocycles. The molecule has 192 valence electrons. The van der Waals surface area contributed by atoms with E-state index < -0.39 is 29.5 Å². The molecule has 0 radical (unpaired) electrons. The van der Waals surface area contributed by atoms with E-state index in [0.717, 1.165) is 12.1 Å². The number of amides is 2. The fourth-order valence-corrected chi connectivity index (χ4v) is 3.42. The number of hydrogen-bond donors (Lipinski definition) is 2. The van der Waals surface area contributed by atoms with E-state index in [-0.39, 0.29) is 22.9 Å². The first-order chi connectivity index (χ1) is 17.5. The topological polar surface area (TPSA) is 106 Å². The van der Waals surface area contributed by atoms with Gasteiger partial charge in [-0.1, -0.05) is 18.2 Å². The first-order valence-corrected chi connectivity index (χ1v) is 11.3. The normalized spacial score (nSPS) is 11.5. The molecule has 2 amide bonds. The van der Waals surface area contributed by atoms with Gasteiger partial charge in [0.2, 0.25) is 0 Å². The minimum atomic E-state index is -4.60. The Bertz CT molecular complexity index is 1380. The predicted molar refractivity (Wildman–Crippen MR) is 133 cm³/mol. The predicted octanol–water partition coefficient (Wildman–Crippen LogP) is 5.17. The minimum Gasteiger partial charge on any atom is -0.493 e. The van der Waals surface area contributed by atoms with E-state index in [1.165, 1.54) is 32.2 Å². The molecule has 8 nitrogen and oxygen atoms in total. The molecule has 0 aliphatic carbocycles. The van der Waals surface area contributed by atoms with Crippen LogP contribution < -0.4 is 20.2 Å². The van der Waals surface area contributed by atoms with Crippen molar-refractivity contribution >= 4 is 45.1 Å². The third-order valence-electron chi connectivity index (χ3n) is 4.86. The van der Waals surface area contributed by atoms with Crippen molar-refractivity contribution < 1.29 is 37.0 Å². The monoisotopic (exact) mass is 577 g/mol. The van der Waals surface area contributed by atoms with Crippen LogP contribution in [0.25, 0.3) is 0 Å². The zero-order valence-electron chi connectivity index (χ0n) is 19.4. The van der Waals surface area contributed by atoms with Crippen molar-refractivity contribution in [2.24, 2.45) is 5.10 Å². The zero-order valence-corrected chi connectivity index (χ0v) is 20.9. The van der Waals surface area contributed by atoms with Gasteiger partial charge < -0.3 is 14.8 Å². The van der Waals surface area contributed by atoms with Gasteiger partial charge in [-0.05, 0) is 71.4 Å². The van der Waals surface area contributed by atoms with Crippen molar-refractivity contribution in [3.8, 4) is 11.5 Å². The number of nitrogens with one attached hydrogen (secondary N) is 2. The number of benzene rings is 3. The van der Waals surface area contributed by atoms with Crippen molar-refractivity contribution in [3.63, 3.8) is 0 Å². The van der Waals surface area contributed by atoms with Gasteiger partial charge in [0.15, 0.2) is 11.5 Å². The molecule has 3 rings (SSSR count). The minimum absolute atomic E-state index is 0.143. The Kier molecular flexibility index (Phi) is 8.66. The van der Waals surface area contributed by atoms with E-state index >= 15 is 0 Å². The molecule has 3 aromatic carbocycles. The van der Waals surface area contributed by atoms with E-state index in [9.17, 15) is 27.6 Å². The summed E-state index contributed by atoms with van der Waals surface area (Å²) in [6.07, 6.45) is -4.60. The number of ether oxygens (including phenoxy) is 2. The fraction of sp³-hybridized carbons (Fsp3) is 0.120. The first-order valence-electron chi connectivity index (χ1n) is 10.5. The van der Waals surface area contributed by atoms with Crippen LogP contribution in [0.5, 0.6) is 11.5 Å². The van der Waals surface area contributed by atoms with E-state index in [1.807, 2.05) is 5.43 Å². The van der Waals surface area contributed by atoms with Crippen molar-refractivity contribution in [1.29, 1.82) is 0 Å². The van der Waals surface area contributed by atoms with Crippen LogP contribution in [0.3, 0.4) is 0 Å². The maximum Gasteiger partial charge on any atom is 0.416 e. The number of esters is 1. The van der Waals surface area contributed by atoms with Crippen LogP contribution in [0.15, 0.2) is 76.3 Å². The Morgan fingerprint density at radius 3 is 2.32 bits per heavy atom. The van der Waals surface area contributed by atoms with Gasteiger partial charge in [0, 0.05) is 15.7 Å². The lowest BCUT2D eigenvalue weighted by Gasteiger charge is -2.12. The average Bonchev–Trinajstić information content (AvgIpc) is 2.87. The molecule has 0 saturated carbocycles. The third-order valence-corrected chi connectivity index (χ3v) is 5.55. The molecule has 12 heteroatoms. The van der Waals surface area contributed by atoms with Crippen LogP contribution in [-0.2, 0) is 15.8 Å². The molecule has 0 spiro atoms. The molecule has 0 unspecified atom stereocenters. The van der Waals surface area contributed by atoms with Gasteiger partial charge in [0.25, 0.3) is 0 Å². The quantitative estimate of drug-likeness (QED) is 0.138. The molecule has 0 fully saturated rings. The van der Waals surface area contributed by atoms with Gasteiger partial charge in [-0.3, -0.25) is 9.59 Å². The standard InChI is InChI=1S/C25H19BrF3N3O5/c1-14(31-32-23(34)22(33)30-17-7-5-6-16(13-17)25(27,28)29)15-10-11-20(21(12-15)36-2)37-24(35)18-8-3-4-9-19(18)26/h3-13H,1-2H3,(H,30,33)(H,32,34)/b31-14+. The van der Waals surface area contributed by atoms with E-state index in [0.29, 0.717) is 21.7 Å². The maximum absolute atomic E-state index is 12.8.